The van der Waals surface area contributed by atoms with E-state index >= 15 is 0 Å². The van der Waals surface area contributed by atoms with Gasteiger partial charge >= 0.3 is 0 Å². The summed E-state index contributed by atoms with van der Waals surface area (Å²) < 4.78 is 15.6. The molecule has 0 saturated heterocycles. The molecule has 0 spiro atoms. The van der Waals surface area contributed by atoms with Gasteiger partial charge in [0, 0.05) is 17.0 Å². The molecule has 0 atom stereocenters. The number of benzene rings is 2. The Bertz CT molecular complexity index is 1070. The molecule has 0 saturated carbocycles. The Hall–Kier alpha value is -3.32. The number of hydrazone groups is 1. The van der Waals surface area contributed by atoms with Crippen LogP contribution in [0.3, 0.4) is 0 Å². The topological polar surface area (TPSA) is 82.0 Å². The van der Waals surface area contributed by atoms with Crippen LogP contribution in [0.5, 0.6) is 17.2 Å². The van der Waals surface area contributed by atoms with Gasteiger partial charge < -0.3 is 14.2 Å². The SMILES string of the molecule is COc1ccc2cc(/C=N\NC(=O)Cc3ccc(OC)c(OC)c3)c(Cl)nc2c1. The lowest BCUT2D eigenvalue weighted by atomic mass is 10.1. The van der Waals surface area contributed by atoms with Gasteiger partial charge in [-0.05, 0) is 35.9 Å². The van der Waals surface area contributed by atoms with Crippen molar-refractivity contribution < 1.29 is 19.0 Å². The van der Waals surface area contributed by atoms with Gasteiger partial charge in [-0.2, -0.15) is 5.10 Å². The van der Waals surface area contributed by atoms with Crippen molar-refractivity contribution in [2.45, 2.75) is 6.42 Å². The second-order valence-corrected chi connectivity index (χ2v) is 6.44. The molecule has 1 amide bonds. The monoisotopic (exact) mass is 413 g/mol. The van der Waals surface area contributed by atoms with Gasteiger partial charge in [0.25, 0.3) is 0 Å². The Balaban J connectivity index is 1.67. The van der Waals surface area contributed by atoms with Crippen molar-refractivity contribution in [1.82, 2.24) is 10.4 Å². The predicted octanol–water partition coefficient (Wildman–Crippen LogP) is 3.61. The highest BCUT2D eigenvalue weighted by Crippen LogP contribution is 2.27. The number of hydrogen-bond acceptors (Lipinski definition) is 6. The molecule has 1 aromatic heterocycles. The van der Waals surface area contributed by atoms with Gasteiger partial charge in [0.05, 0.1) is 39.5 Å². The van der Waals surface area contributed by atoms with E-state index in [9.17, 15) is 4.79 Å². The molecule has 3 rings (SSSR count). The first-order chi connectivity index (χ1) is 14.0. The van der Waals surface area contributed by atoms with Crippen LogP contribution in [0.15, 0.2) is 47.6 Å². The second kappa shape index (κ2) is 9.25. The molecular formula is C21H20ClN3O4. The summed E-state index contributed by atoms with van der Waals surface area (Å²) in [6.07, 6.45) is 1.60. The van der Waals surface area contributed by atoms with E-state index in [2.05, 4.69) is 15.5 Å². The summed E-state index contributed by atoms with van der Waals surface area (Å²) in [6.45, 7) is 0. The van der Waals surface area contributed by atoms with Crippen molar-refractivity contribution in [3.05, 3.63) is 58.7 Å². The van der Waals surface area contributed by atoms with E-state index in [1.807, 2.05) is 18.2 Å². The van der Waals surface area contributed by atoms with Crippen LogP contribution in [0.2, 0.25) is 5.15 Å². The molecule has 7 nitrogen and oxygen atoms in total. The van der Waals surface area contributed by atoms with Gasteiger partial charge in [-0.15, -0.1) is 0 Å². The summed E-state index contributed by atoms with van der Waals surface area (Å²) in [5, 5.41) is 5.15. The fourth-order valence-corrected chi connectivity index (χ4v) is 2.94. The van der Waals surface area contributed by atoms with Crippen LogP contribution in [-0.2, 0) is 11.2 Å². The van der Waals surface area contributed by atoms with Crippen LogP contribution in [0.4, 0.5) is 0 Å². The van der Waals surface area contributed by atoms with Crippen molar-refractivity contribution in [2.75, 3.05) is 21.3 Å². The lowest BCUT2D eigenvalue weighted by Crippen LogP contribution is -2.19. The second-order valence-electron chi connectivity index (χ2n) is 6.09. The first-order valence-electron chi connectivity index (χ1n) is 8.71. The van der Waals surface area contributed by atoms with Gasteiger partial charge in [-0.3, -0.25) is 4.79 Å². The number of ether oxygens (including phenoxy) is 3. The highest BCUT2D eigenvalue weighted by Gasteiger charge is 2.08. The number of fused-ring (bicyclic) bond motifs is 1. The molecule has 0 aliphatic heterocycles. The van der Waals surface area contributed by atoms with Crippen LogP contribution >= 0.6 is 11.6 Å². The Morgan fingerprint density at radius 2 is 1.86 bits per heavy atom. The van der Waals surface area contributed by atoms with Gasteiger partial charge in [0.1, 0.15) is 10.9 Å². The summed E-state index contributed by atoms with van der Waals surface area (Å²) in [6, 6.07) is 12.7. The van der Waals surface area contributed by atoms with Gasteiger partial charge in [0.15, 0.2) is 11.5 Å². The zero-order valence-corrected chi connectivity index (χ0v) is 17.0. The van der Waals surface area contributed by atoms with Crippen molar-refractivity contribution in [1.29, 1.82) is 0 Å². The maximum atomic E-state index is 12.2. The predicted molar refractivity (Wildman–Crippen MR) is 112 cm³/mol. The number of rotatable bonds is 7. The van der Waals surface area contributed by atoms with E-state index in [1.54, 1.807) is 45.6 Å². The summed E-state index contributed by atoms with van der Waals surface area (Å²) in [5.41, 5.74) is 4.57. The van der Waals surface area contributed by atoms with Crippen LogP contribution in [0.1, 0.15) is 11.1 Å². The molecule has 8 heteroatoms. The molecule has 0 radical (unpaired) electrons. The van der Waals surface area contributed by atoms with E-state index in [0.717, 1.165) is 10.9 Å². The van der Waals surface area contributed by atoms with Gasteiger partial charge in [-0.1, -0.05) is 17.7 Å². The number of aromatic nitrogens is 1. The quantitative estimate of drug-likeness (QED) is 0.363. The van der Waals surface area contributed by atoms with Crippen LogP contribution in [0.25, 0.3) is 10.9 Å². The van der Waals surface area contributed by atoms with Crippen LogP contribution in [-0.4, -0.2) is 38.4 Å². The van der Waals surface area contributed by atoms with Crippen molar-refractivity contribution >= 4 is 34.6 Å². The summed E-state index contributed by atoms with van der Waals surface area (Å²) in [7, 11) is 4.69. The Morgan fingerprint density at radius 3 is 2.59 bits per heavy atom. The third-order valence-electron chi connectivity index (χ3n) is 4.21. The van der Waals surface area contributed by atoms with Crippen molar-refractivity contribution in [3.8, 4) is 17.2 Å². The Kier molecular flexibility index (Phi) is 6.51. The fraction of sp³-hybridized carbons (Fsp3) is 0.190. The maximum Gasteiger partial charge on any atom is 0.244 e. The minimum absolute atomic E-state index is 0.140. The summed E-state index contributed by atoms with van der Waals surface area (Å²) in [5.74, 6) is 1.59. The molecule has 29 heavy (non-hydrogen) atoms. The molecule has 1 heterocycles. The summed E-state index contributed by atoms with van der Waals surface area (Å²) in [4.78, 5) is 16.5. The first kappa shape index (κ1) is 20.4. The number of nitrogens with one attached hydrogen (secondary N) is 1. The minimum Gasteiger partial charge on any atom is -0.497 e. The molecule has 0 unspecified atom stereocenters. The number of hydrogen-bond donors (Lipinski definition) is 1. The number of nitrogens with zero attached hydrogens (tertiary/aromatic N) is 2. The summed E-state index contributed by atoms with van der Waals surface area (Å²) >= 11 is 6.22. The van der Waals surface area contributed by atoms with E-state index in [1.165, 1.54) is 6.21 Å². The van der Waals surface area contributed by atoms with E-state index in [4.69, 9.17) is 25.8 Å². The highest BCUT2D eigenvalue weighted by molar-refractivity contribution is 6.32. The molecule has 0 aliphatic rings. The Morgan fingerprint density at radius 1 is 1.07 bits per heavy atom. The van der Waals surface area contributed by atoms with Crippen molar-refractivity contribution in [3.63, 3.8) is 0 Å². The number of carbonyl (C=O) groups is 1. The third kappa shape index (κ3) is 4.94. The molecule has 1 N–H and O–H groups in total. The smallest absolute Gasteiger partial charge is 0.244 e. The highest BCUT2D eigenvalue weighted by atomic mass is 35.5. The molecular weight excluding hydrogens is 394 g/mol. The molecule has 3 aromatic rings. The fourth-order valence-electron chi connectivity index (χ4n) is 2.75. The molecule has 0 fully saturated rings. The third-order valence-corrected chi connectivity index (χ3v) is 4.51. The average Bonchev–Trinajstić information content (AvgIpc) is 2.73. The minimum atomic E-state index is -0.275. The van der Waals surface area contributed by atoms with Crippen LogP contribution < -0.4 is 19.6 Å². The zero-order valence-electron chi connectivity index (χ0n) is 16.2. The normalized spacial score (nSPS) is 10.9. The Labute approximate surface area is 173 Å². The van der Waals surface area contributed by atoms with Crippen molar-refractivity contribution in [2.24, 2.45) is 5.10 Å². The lowest BCUT2D eigenvalue weighted by molar-refractivity contribution is -0.120. The van der Waals surface area contributed by atoms with E-state index in [0.29, 0.717) is 28.3 Å². The van der Waals surface area contributed by atoms with E-state index in [-0.39, 0.29) is 17.5 Å². The largest absolute Gasteiger partial charge is 0.497 e. The van der Waals surface area contributed by atoms with E-state index < -0.39 is 0 Å². The zero-order chi connectivity index (χ0) is 20.8. The van der Waals surface area contributed by atoms with Gasteiger partial charge in [0.2, 0.25) is 5.91 Å². The molecule has 0 aliphatic carbocycles. The maximum absolute atomic E-state index is 12.2. The lowest BCUT2D eigenvalue weighted by Gasteiger charge is -2.09. The number of halogens is 1. The molecule has 2 aromatic carbocycles. The first-order valence-corrected chi connectivity index (χ1v) is 9.09. The van der Waals surface area contributed by atoms with Crippen LogP contribution in [0, 0.1) is 0 Å². The number of carbonyl (C=O) groups excluding carboxylic acids is 1. The average molecular weight is 414 g/mol. The number of methoxy groups -OCH3 is 3. The standard InChI is InChI=1S/C21H20ClN3O4/c1-27-16-6-5-14-10-15(21(22)24-17(14)11-16)12-23-25-20(26)9-13-4-7-18(28-2)19(8-13)29-3/h4-8,10-12H,9H2,1-3H3,(H,25,26)/b23-12-. The molecule has 150 valence electrons. The molecule has 0 bridgehead atoms. The number of amides is 1. The number of pyridine rings is 1. The van der Waals surface area contributed by atoms with Gasteiger partial charge in [-0.25, -0.2) is 10.4 Å².